The van der Waals surface area contributed by atoms with Gasteiger partial charge in [-0.2, -0.15) is 0 Å². The molecule has 0 radical (unpaired) electrons. The molecule has 2 aromatic carbocycles. The maximum Gasteiger partial charge on any atom is 0.257 e. The van der Waals surface area contributed by atoms with Crippen LogP contribution in [0.1, 0.15) is 29.7 Å². The monoisotopic (exact) mass is 379 g/mol. The Labute approximate surface area is 164 Å². The standard InChI is InChI=1S/C23H25NO4/c1-26-20-8-4-2-6-16(20)12-13-24-23(25)15-27-17-10-11-22-19(14-17)18-7-3-5-9-21(18)28-22/h2,4,6,8,10-11,14H,3,5,7,9,12-13,15H2,1H3,(H,24,25). The van der Waals surface area contributed by atoms with Gasteiger partial charge in [0.05, 0.1) is 7.11 Å². The van der Waals surface area contributed by atoms with Gasteiger partial charge in [0.1, 0.15) is 22.8 Å². The number of benzene rings is 2. The van der Waals surface area contributed by atoms with E-state index in [0.29, 0.717) is 18.7 Å². The lowest BCUT2D eigenvalue weighted by molar-refractivity contribution is -0.123. The first-order valence-electron chi connectivity index (χ1n) is 9.80. The number of carbonyl (C=O) groups excluding carboxylic acids is 1. The molecule has 0 aliphatic heterocycles. The topological polar surface area (TPSA) is 60.7 Å². The summed E-state index contributed by atoms with van der Waals surface area (Å²) in [6.45, 7) is 0.536. The summed E-state index contributed by atoms with van der Waals surface area (Å²) in [5, 5.41) is 4.01. The van der Waals surface area contributed by atoms with Crippen molar-refractivity contribution in [1.82, 2.24) is 5.32 Å². The maximum atomic E-state index is 12.1. The van der Waals surface area contributed by atoms with Crippen LogP contribution >= 0.6 is 0 Å². The Kier molecular flexibility index (Phi) is 5.51. The Morgan fingerprint density at radius 2 is 2.00 bits per heavy atom. The minimum Gasteiger partial charge on any atom is -0.496 e. The molecule has 1 aromatic heterocycles. The number of methoxy groups -OCH3 is 1. The van der Waals surface area contributed by atoms with Crippen LogP contribution in [0.2, 0.25) is 0 Å². The number of aryl methyl sites for hydroxylation is 2. The van der Waals surface area contributed by atoms with Gasteiger partial charge in [0.25, 0.3) is 5.91 Å². The number of furan rings is 1. The Morgan fingerprint density at radius 3 is 2.89 bits per heavy atom. The first-order valence-corrected chi connectivity index (χ1v) is 9.80. The number of ether oxygens (including phenoxy) is 2. The van der Waals surface area contributed by atoms with Crippen molar-refractivity contribution in [2.75, 3.05) is 20.3 Å². The van der Waals surface area contributed by atoms with E-state index in [2.05, 4.69) is 5.32 Å². The van der Waals surface area contributed by atoms with E-state index in [9.17, 15) is 4.79 Å². The predicted molar refractivity (Wildman–Crippen MR) is 108 cm³/mol. The Balaban J connectivity index is 1.31. The molecular formula is C23H25NO4. The molecule has 0 saturated carbocycles. The largest absolute Gasteiger partial charge is 0.496 e. The van der Waals surface area contributed by atoms with Crippen LogP contribution < -0.4 is 14.8 Å². The minimum absolute atomic E-state index is 0.00251. The molecule has 5 heteroatoms. The summed E-state index contributed by atoms with van der Waals surface area (Å²) in [6.07, 6.45) is 5.15. The second-order valence-corrected chi connectivity index (χ2v) is 7.07. The van der Waals surface area contributed by atoms with Gasteiger partial charge in [0.2, 0.25) is 0 Å². The van der Waals surface area contributed by atoms with E-state index in [4.69, 9.17) is 13.9 Å². The van der Waals surface area contributed by atoms with Crippen molar-refractivity contribution in [3.05, 3.63) is 59.4 Å². The van der Waals surface area contributed by atoms with Crippen molar-refractivity contribution in [2.45, 2.75) is 32.1 Å². The quantitative estimate of drug-likeness (QED) is 0.673. The zero-order valence-electron chi connectivity index (χ0n) is 16.1. The van der Waals surface area contributed by atoms with Gasteiger partial charge < -0.3 is 19.2 Å². The van der Waals surface area contributed by atoms with Crippen molar-refractivity contribution in [1.29, 1.82) is 0 Å². The summed E-state index contributed by atoms with van der Waals surface area (Å²) in [4.78, 5) is 12.1. The molecule has 0 atom stereocenters. The first-order chi connectivity index (χ1) is 13.7. The fraction of sp³-hybridized carbons (Fsp3) is 0.348. The molecule has 0 unspecified atom stereocenters. The lowest BCUT2D eigenvalue weighted by Gasteiger charge is -2.10. The van der Waals surface area contributed by atoms with Crippen LogP contribution in [-0.4, -0.2) is 26.2 Å². The Hall–Kier alpha value is -2.95. The van der Waals surface area contributed by atoms with E-state index in [1.54, 1.807) is 7.11 Å². The second-order valence-electron chi connectivity index (χ2n) is 7.07. The average molecular weight is 379 g/mol. The lowest BCUT2D eigenvalue weighted by Crippen LogP contribution is -2.30. The van der Waals surface area contributed by atoms with E-state index >= 15 is 0 Å². The SMILES string of the molecule is COc1ccccc1CCNC(=O)COc1ccc2oc3c(c2c1)CCCC3. The number of para-hydroxylation sites is 1. The normalized spacial score (nSPS) is 13.2. The number of nitrogens with one attached hydrogen (secondary N) is 1. The van der Waals surface area contributed by atoms with Crippen LogP contribution in [-0.2, 0) is 24.1 Å². The number of rotatable bonds is 7. The molecule has 5 nitrogen and oxygen atoms in total. The second kappa shape index (κ2) is 8.38. The van der Waals surface area contributed by atoms with Crippen LogP contribution in [0.15, 0.2) is 46.9 Å². The highest BCUT2D eigenvalue weighted by Crippen LogP contribution is 2.33. The van der Waals surface area contributed by atoms with Crippen LogP contribution in [0.25, 0.3) is 11.0 Å². The summed E-state index contributed by atoms with van der Waals surface area (Å²) in [6, 6.07) is 13.6. The highest BCUT2D eigenvalue weighted by atomic mass is 16.5. The van der Waals surface area contributed by atoms with Gasteiger partial charge in [-0.15, -0.1) is 0 Å². The molecule has 1 aliphatic rings. The summed E-state index contributed by atoms with van der Waals surface area (Å²) >= 11 is 0. The molecule has 1 heterocycles. The van der Waals surface area contributed by atoms with Gasteiger partial charge >= 0.3 is 0 Å². The third kappa shape index (κ3) is 3.98. The van der Waals surface area contributed by atoms with E-state index in [0.717, 1.165) is 40.9 Å². The van der Waals surface area contributed by atoms with Crippen LogP contribution in [0.4, 0.5) is 0 Å². The number of carbonyl (C=O) groups is 1. The third-order valence-electron chi connectivity index (χ3n) is 5.21. The first kappa shape index (κ1) is 18.4. The van der Waals surface area contributed by atoms with E-state index < -0.39 is 0 Å². The maximum absolute atomic E-state index is 12.1. The fourth-order valence-corrected chi connectivity index (χ4v) is 3.78. The molecule has 4 rings (SSSR count). The molecule has 1 N–H and O–H groups in total. The smallest absolute Gasteiger partial charge is 0.257 e. The minimum atomic E-state index is -0.135. The lowest BCUT2D eigenvalue weighted by atomic mass is 9.96. The molecule has 0 bridgehead atoms. The Morgan fingerprint density at radius 1 is 1.14 bits per heavy atom. The summed E-state index contributed by atoms with van der Waals surface area (Å²) < 4.78 is 17.0. The molecule has 1 amide bonds. The van der Waals surface area contributed by atoms with E-state index in [1.807, 2.05) is 42.5 Å². The molecule has 1 aliphatic carbocycles. The van der Waals surface area contributed by atoms with E-state index in [1.165, 1.54) is 18.4 Å². The van der Waals surface area contributed by atoms with Crippen molar-refractivity contribution in [3.63, 3.8) is 0 Å². The predicted octanol–water partition coefficient (Wildman–Crippen LogP) is 4.06. The van der Waals surface area contributed by atoms with Crippen molar-refractivity contribution < 1.29 is 18.7 Å². The number of hydrogen-bond donors (Lipinski definition) is 1. The van der Waals surface area contributed by atoms with E-state index in [-0.39, 0.29) is 12.5 Å². The van der Waals surface area contributed by atoms with Crippen molar-refractivity contribution in [2.24, 2.45) is 0 Å². The fourth-order valence-electron chi connectivity index (χ4n) is 3.78. The van der Waals surface area contributed by atoms with Crippen LogP contribution in [0.5, 0.6) is 11.5 Å². The molecule has 28 heavy (non-hydrogen) atoms. The molecule has 0 spiro atoms. The zero-order valence-corrected chi connectivity index (χ0v) is 16.1. The Bertz CT molecular complexity index is 976. The molecule has 3 aromatic rings. The molecular weight excluding hydrogens is 354 g/mol. The number of amides is 1. The number of hydrogen-bond acceptors (Lipinski definition) is 4. The summed E-state index contributed by atoms with van der Waals surface area (Å²) in [5.41, 5.74) is 3.27. The van der Waals surface area contributed by atoms with Crippen molar-refractivity contribution >= 4 is 16.9 Å². The van der Waals surface area contributed by atoms with Gasteiger partial charge in [0.15, 0.2) is 6.61 Å². The molecule has 0 saturated heterocycles. The summed E-state index contributed by atoms with van der Waals surface area (Å²) in [5.74, 6) is 2.50. The van der Waals surface area contributed by atoms with Gasteiger partial charge in [-0.3, -0.25) is 4.79 Å². The van der Waals surface area contributed by atoms with Gasteiger partial charge in [0, 0.05) is 23.9 Å². The van der Waals surface area contributed by atoms with Crippen LogP contribution in [0, 0.1) is 0 Å². The number of fused-ring (bicyclic) bond motifs is 3. The van der Waals surface area contributed by atoms with Crippen molar-refractivity contribution in [3.8, 4) is 11.5 Å². The highest BCUT2D eigenvalue weighted by Gasteiger charge is 2.18. The van der Waals surface area contributed by atoms with Gasteiger partial charge in [-0.05, 0) is 55.5 Å². The molecule has 146 valence electrons. The van der Waals surface area contributed by atoms with Gasteiger partial charge in [-0.1, -0.05) is 18.2 Å². The highest BCUT2D eigenvalue weighted by molar-refractivity contribution is 5.84. The average Bonchev–Trinajstić information content (AvgIpc) is 3.10. The third-order valence-corrected chi connectivity index (χ3v) is 5.21. The van der Waals surface area contributed by atoms with Gasteiger partial charge in [-0.25, -0.2) is 0 Å². The van der Waals surface area contributed by atoms with Crippen LogP contribution in [0.3, 0.4) is 0 Å². The summed E-state index contributed by atoms with van der Waals surface area (Å²) in [7, 11) is 1.65. The molecule has 0 fully saturated rings. The zero-order chi connectivity index (χ0) is 19.3.